The topological polar surface area (TPSA) is 60.7 Å². The van der Waals surface area contributed by atoms with E-state index in [2.05, 4.69) is 12.6 Å². The van der Waals surface area contributed by atoms with Gasteiger partial charge in [0, 0.05) is 0 Å². The number of phenolic OH excluding ortho intramolecular Hbond substituents is 1. The van der Waals surface area contributed by atoms with Crippen LogP contribution >= 0.6 is 12.6 Å². The average Bonchev–Trinajstić information content (AvgIpc) is 2.40. The van der Waals surface area contributed by atoms with Gasteiger partial charge in [0.25, 0.3) is 0 Å². The van der Waals surface area contributed by atoms with E-state index in [1.54, 1.807) is 6.07 Å². The Morgan fingerprint density at radius 2 is 2.00 bits per heavy atom. The van der Waals surface area contributed by atoms with Crippen LogP contribution in [0.2, 0.25) is 0 Å². The third-order valence-electron chi connectivity index (χ3n) is 3.22. The van der Waals surface area contributed by atoms with Gasteiger partial charge in [-0.15, -0.1) is 0 Å². The van der Waals surface area contributed by atoms with Crippen molar-refractivity contribution in [3.8, 4) is 5.75 Å². The van der Waals surface area contributed by atoms with E-state index in [0.717, 1.165) is 17.5 Å². The zero-order valence-corrected chi connectivity index (χ0v) is 11.6. The lowest BCUT2D eigenvalue weighted by molar-refractivity contribution is 0.0853. The van der Waals surface area contributed by atoms with E-state index in [4.69, 9.17) is 5.11 Å². The summed E-state index contributed by atoms with van der Waals surface area (Å²) in [5, 5.41) is 28.2. The molecule has 0 aliphatic heterocycles. The van der Waals surface area contributed by atoms with Crippen LogP contribution in [0.4, 0.5) is 0 Å². The molecule has 102 valence electrons. The van der Waals surface area contributed by atoms with Crippen LogP contribution in [-0.2, 0) is 6.42 Å². The van der Waals surface area contributed by atoms with Crippen LogP contribution in [0.15, 0.2) is 18.2 Å². The Hall–Kier alpha value is -0.710. The first kappa shape index (κ1) is 15.3. The molecule has 0 aliphatic rings. The normalized spacial score (nSPS) is 14.4. The fourth-order valence-electron chi connectivity index (χ4n) is 1.98. The van der Waals surface area contributed by atoms with Gasteiger partial charge in [-0.1, -0.05) is 19.1 Å². The predicted molar refractivity (Wildman–Crippen MR) is 76.4 cm³/mol. The van der Waals surface area contributed by atoms with Crippen molar-refractivity contribution in [2.45, 2.75) is 38.2 Å². The molecule has 2 unspecified atom stereocenters. The molecule has 1 aromatic carbocycles. The summed E-state index contributed by atoms with van der Waals surface area (Å²) in [6.07, 6.45) is 1.41. The number of aliphatic hydroxyl groups excluding tert-OH is 2. The van der Waals surface area contributed by atoms with Gasteiger partial charge in [-0.3, -0.25) is 0 Å². The summed E-state index contributed by atoms with van der Waals surface area (Å²) in [6, 6.07) is 5.72. The number of thiol groups is 1. The lowest BCUT2D eigenvalue weighted by atomic mass is 9.92. The minimum Gasteiger partial charge on any atom is -0.508 e. The molecule has 1 rings (SSSR count). The highest BCUT2D eigenvalue weighted by Gasteiger charge is 2.16. The molecule has 0 heterocycles. The van der Waals surface area contributed by atoms with Crippen LogP contribution < -0.4 is 0 Å². The molecule has 0 amide bonds. The van der Waals surface area contributed by atoms with Crippen molar-refractivity contribution in [2.75, 3.05) is 12.4 Å². The molecule has 0 radical (unpaired) electrons. The van der Waals surface area contributed by atoms with E-state index in [9.17, 15) is 10.2 Å². The van der Waals surface area contributed by atoms with Crippen LogP contribution in [-0.4, -0.2) is 33.8 Å². The largest absolute Gasteiger partial charge is 0.508 e. The van der Waals surface area contributed by atoms with Crippen molar-refractivity contribution >= 4 is 12.6 Å². The van der Waals surface area contributed by atoms with Gasteiger partial charge in [0.15, 0.2) is 0 Å². The number of hydrogen-bond donors (Lipinski definition) is 4. The van der Waals surface area contributed by atoms with Crippen LogP contribution in [0.5, 0.6) is 5.75 Å². The van der Waals surface area contributed by atoms with Crippen molar-refractivity contribution in [3.63, 3.8) is 0 Å². The molecule has 1 aromatic rings. The predicted octanol–water partition coefficient (Wildman–Crippen LogP) is 2.10. The highest BCUT2D eigenvalue weighted by molar-refractivity contribution is 7.80. The standard InChI is InChI=1S/C14H22O3S/c1-2-10-3-6-13(14(17)7-10)11(9-18)4-5-12(16)8-15/h3,6-7,11-12,15-18H,2,4-5,8-9H2,1H3. The second-order valence-electron chi connectivity index (χ2n) is 4.54. The van der Waals surface area contributed by atoms with Gasteiger partial charge >= 0.3 is 0 Å². The van der Waals surface area contributed by atoms with E-state index >= 15 is 0 Å². The van der Waals surface area contributed by atoms with Gasteiger partial charge in [0.2, 0.25) is 0 Å². The monoisotopic (exact) mass is 270 g/mol. The van der Waals surface area contributed by atoms with Crippen molar-refractivity contribution in [3.05, 3.63) is 29.3 Å². The third kappa shape index (κ3) is 4.19. The number of aryl methyl sites for hydroxylation is 1. The first-order valence-corrected chi connectivity index (χ1v) is 6.97. The molecule has 0 bridgehead atoms. The van der Waals surface area contributed by atoms with Gasteiger partial charge in [-0.05, 0) is 48.1 Å². The zero-order chi connectivity index (χ0) is 13.5. The number of hydrogen-bond acceptors (Lipinski definition) is 4. The Morgan fingerprint density at radius 3 is 2.50 bits per heavy atom. The molecule has 0 saturated carbocycles. The molecular formula is C14H22O3S. The summed E-state index contributed by atoms with van der Waals surface area (Å²) in [5.74, 6) is 1.00. The Bertz CT molecular complexity index is 368. The lowest BCUT2D eigenvalue weighted by Crippen LogP contribution is -2.14. The van der Waals surface area contributed by atoms with Gasteiger partial charge in [0.05, 0.1) is 12.7 Å². The fourth-order valence-corrected chi connectivity index (χ4v) is 2.36. The summed E-state index contributed by atoms with van der Waals surface area (Å²) >= 11 is 4.30. The quantitative estimate of drug-likeness (QED) is 0.574. The van der Waals surface area contributed by atoms with Crippen LogP contribution in [0, 0.1) is 0 Å². The molecule has 3 N–H and O–H groups in total. The number of aliphatic hydroxyl groups is 2. The molecule has 0 fully saturated rings. The molecular weight excluding hydrogens is 248 g/mol. The molecule has 0 aliphatic carbocycles. The van der Waals surface area contributed by atoms with Crippen LogP contribution in [0.3, 0.4) is 0 Å². The maximum atomic E-state index is 10.0. The Balaban J connectivity index is 2.75. The average molecular weight is 270 g/mol. The van der Waals surface area contributed by atoms with E-state index in [-0.39, 0.29) is 12.5 Å². The number of benzene rings is 1. The van der Waals surface area contributed by atoms with Crippen molar-refractivity contribution in [1.29, 1.82) is 0 Å². The Kier molecular flexibility index (Phi) is 6.54. The first-order valence-electron chi connectivity index (χ1n) is 6.33. The lowest BCUT2D eigenvalue weighted by Gasteiger charge is -2.18. The van der Waals surface area contributed by atoms with Crippen LogP contribution in [0.25, 0.3) is 0 Å². The number of aromatic hydroxyl groups is 1. The molecule has 0 aromatic heterocycles. The van der Waals surface area contributed by atoms with Crippen molar-refractivity contribution in [1.82, 2.24) is 0 Å². The zero-order valence-electron chi connectivity index (χ0n) is 10.7. The number of rotatable bonds is 7. The summed E-state index contributed by atoms with van der Waals surface area (Å²) < 4.78 is 0. The highest BCUT2D eigenvalue weighted by Crippen LogP contribution is 2.31. The summed E-state index contributed by atoms with van der Waals surface area (Å²) in [6.45, 7) is 1.82. The summed E-state index contributed by atoms with van der Waals surface area (Å²) in [7, 11) is 0. The molecule has 0 saturated heterocycles. The van der Waals surface area contributed by atoms with Gasteiger partial charge < -0.3 is 15.3 Å². The van der Waals surface area contributed by atoms with Crippen LogP contribution in [0.1, 0.15) is 36.8 Å². The Labute approximate surface area is 114 Å². The molecule has 3 nitrogen and oxygen atoms in total. The number of phenols is 1. The van der Waals surface area contributed by atoms with E-state index < -0.39 is 6.10 Å². The summed E-state index contributed by atoms with van der Waals surface area (Å²) in [5.41, 5.74) is 1.97. The first-order chi connectivity index (χ1) is 8.62. The maximum absolute atomic E-state index is 10.0. The molecule has 4 heteroatoms. The summed E-state index contributed by atoms with van der Waals surface area (Å²) in [4.78, 5) is 0. The molecule has 18 heavy (non-hydrogen) atoms. The minimum absolute atomic E-state index is 0.0976. The van der Waals surface area contributed by atoms with Gasteiger partial charge in [0.1, 0.15) is 5.75 Å². The van der Waals surface area contributed by atoms with Crippen molar-refractivity contribution in [2.24, 2.45) is 0 Å². The Morgan fingerprint density at radius 1 is 1.28 bits per heavy atom. The fraction of sp³-hybridized carbons (Fsp3) is 0.571. The molecule has 0 spiro atoms. The second-order valence-corrected chi connectivity index (χ2v) is 4.91. The SMILES string of the molecule is CCc1ccc(C(CS)CCC(O)CO)c(O)c1. The minimum atomic E-state index is -0.690. The van der Waals surface area contributed by atoms with E-state index in [0.29, 0.717) is 24.3 Å². The third-order valence-corrected chi connectivity index (χ3v) is 3.66. The van der Waals surface area contributed by atoms with Crippen molar-refractivity contribution < 1.29 is 15.3 Å². The van der Waals surface area contributed by atoms with E-state index in [1.807, 2.05) is 19.1 Å². The maximum Gasteiger partial charge on any atom is 0.119 e. The highest BCUT2D eigenvalue weighted by atomic mass is 32.1. The molecule has 2 atom stereocenters. The second kappa shape index (κ2) is 7.67. The van der Waals surface area contributed by atoms with Gasteiger partial charge in [-0.25, -0.2) is 0 Å². The smallest absolute Gasteiger partial charge is 0.119 e. The van der Waals surface area contributed by atoms with Gasteiger partial charge in [-0.2, -0.15) is 12.6 Å². The van der Waals surface area contributed by atoms with E-state index in [1.165, 1.54) is 0 Å².